The fourth-order valence-electron chi connectivity index (χ4n) is 1.34. The summed E-state index contributed by atoms with van der Waals surface area (Å²) in [7, 11) is 0. The molecule has 0 saturated carbocycles. The van der Waals surface area contributed by atoms with E-state index in [1.165, 1.54) is 0 Å². The van der Waals surface area contributed by atoms with Gasteiger partial charge in [0.2, 0.25) is 5.91 Å². The summed E-state index contributed by atoms with van der Waals surface area (Å²) in [4.78, 5) is 10.7. The minimum absolute atomic E-state index is 0.0434. The molecular weight excluding hydrogens is 142 g/mol. The van der Waals surface area contributed by atoms with Crippen molar-refractivity contribution in [1.29, 1.82) is 0 Å². The van der Waals surface area contributed by atoms with Crippen LogP contribution >= 0.6 is 0 Å². The lowest BCUT2D eigenvalue weighted by atomic mass is 10.0. The fourth-order valence-corrected chi connectivity index (χ4v) is 1.34. The van der Waals surface area contributed by atoms with Crippen molar-refractivity contribution in [2.24, 2.45) is 11.7 Å². The van der Waals surface area contributed by atoms with E-state index in [2.05, 4.69) is 0 Å². The molecule has 64 valence electrons. The maximum absolute atomic E-state index is 10.7. The van der Waals surface area contributed by atoms with Crippen molar-refractivity contribution >= 4 is 5.91 Å². The predicted octanol–water partition coefficient (Wildman–Crippen LogP) is 0.677. The molecule has 1 rings (SSSR count). The molecule has 1 amide bonds. The first-order chi connectivity index (χ1) is 5.20. The Morgan fingerprint density at radius 2 is 2.55 bits per heavy atom. The number of ether oxygens (including phenoxy) is 1. The highest BCUT2D eigenvalue weighted by molar-refractivity contribution is 5.76. The van der Waals surface area contributed by atoms with E-state index in [9.17, 15) is 4.79 Å². The zero-order valence-electron chi connectivity index (χ0n) is 6.88. The van der Waals surface area contributed by atoms with Gasteiger partial charge in [0.25, 0.3) is 0 Å². The molecule has 2 atom stereocenters. The van der Waals surface area contributed by atoms with Crippen LogP contribution in [0.5, 0.6) is 0 Å². The third kappa shape index (κ3) is 2.50. The summed E-state index contributed by atoms with van der Waals surface area (Å²) in [5.74, 6) is -0.265. The Labute approximate surface area is 66.9 Å². The number of primary amides is 1. The van der Waals surface area contributed by atoms with Gasteiger partial charge >= 0.3 is 0 Å². The molecule has 0 aliphatic carbocycles. The average molecular weight is 157 g/mol. The summed E-state index contributed by atoms with van der Waals surface area (Å²) >= 11 is 0. The Bertz CT molecular complexity index is 141. The van der Waals surface area contributed by atoms with Crippen LogP contribution in [0.25, 0.3) is 0 Å². The number of hydrogen-bond donors (Lipinski definition) is 1. The zero-order valence-corrected chi connectivity index (χ0v) is 6.88. The maximum atomic E-state index is 10.7. The second kappa shape index (κ2) is 3.72. The van der Waals surface area contributed by atoms with E-state index >= 15 is 0 Å². The quantitative estimate of drug-likeness (QED) is 0.654. The lowest BCUT2D eigenvalue weighted by molar-refractivity contribution is -0.122. The van der Waals surface area contributed by atoms with Crippen LogP contribution in [-0.2, 0) is 9.53 Å². The summed E-state index contributed by atoms with van der Waals surface area (Å²) < 4.78 is 5.37. The normalized spacial score (nSPS) is 26.8. The Hall–Kier alpha value is -0.570. The van der Waals surface area contributed by atoms with E-state index < -0.39 is 0 Å². The van der Waals surface area contributed by atoms with Crippen LogP contribution in [0.2, 0.25) is 0 Å². The molecule has 0 aromatic carbocycles. The third-order valence-corrected chi connectivity index (χ3v) is 2.13. The van der Waals surface area contributed by atoms with Gasteiger partial charge in [-0.05, 0) is 19.3 Å². The molecule has 3 heteroatoms. The first kappa shape index (κ1) is 8.53. The number of amides is 1. The second-order valence-corrected chi connectivity index (χ2v) is 3.17. The molecule has 1 aliphatic rings. The zero-order chi connectivity index (χ0) is 8.27. The van der Waals surface area contributed by atoms with Crippen LogP contribution in [0.4, 0.5) is 0 Å². The van der Waals surface area contributed by atoms with Gasteiger partial charge in [0.05, 0.1) is 6.10 Å². The van der Waals surface area contributed by atoms with Crippen LogP contribution in [0.1, 0.15) is 26.2 Å². The number of hydrogen-bond acceptors (Lipinski definition) is 2. The van der Waals surface area contributed by atoms with Crippen molar-refractivity contribution in [3.8, 4) is 0 Å². The van der Waals surface area contributed by atoms with E-state index in [1.54, 1.807) is 0 Å². The number of nitrogens with two attached hydrogens (primary N) is 1. The van der Waals surface area contributed by atoms with Crippen LogP contribution in [0.15, 0.2) is 0 Å². The van der Waals surface area contributed by atoms with Gasteiger partial charge in [0.1, 0.15) is 0 Å². The molecule has 1 fully saturated rings. The number of rotatable bonds is 3. The summed E-state index contributed by atoms with van der Waals surface area (Å²) in [5, 5.41) is 0. The standard InChI is InChI=1S/C8H15NO2/c1-6(8(9)10)5-7-3-2-4-11-7/h6-7H,2-5H2,1H3,(H2,9,10)/t6?,7-/m0/s1. The fraction of sp³-hybridized carbons (Fsp3) is 0.875. The lowest BCUT2D eigenvalue weighted by Crippen LogP contribution is -2.24. The molecule has 1 aliphatic heterocycles. The van der Waals surface area contributed by atoms with Gasteiger partial charge in [0, 0.05) is 12.5 Å². The summed E-state index contributed by atoms with van der Waals surface area (Å²) in [5.41, 5.74) is 5.12. The smallest absolute Gasteiger partial charge is 0.220 e. The van der Waals surface area contributed by atoms with Gasteiger partial charge in [-0.3, -0.25) is 4.79 Å². The molecule has 0 radical (unpaired) electrons. The molecule has 11 heavy (non-hydrogen) atoms. The van der Waals surface area contributed by atoms with E-state index in [4.69, 9.17) is 10.5 Å². The first-order valence-corrected chi connectivity index (χ1v) is 4.11. The molecule has 1 heterocycles. The SMILES string of the molecule is CC(C[C@@H]1CCCO1)C(N)=O. The second-order valence-electron chi connectivity index (χ2n) is 3.17. The van der Waals surface area contributed by atoms with Gasteiger partial charge in [-0.15, -0.1) is 0 Å². The minimum atomic E-state index is -0.222. The van der Waals surface area contributed by atoms with Crippen LogP contribution < -0.4 is 5.73 Å². The lowest BCUT2D eigenvalue weighted by Gasteiger charge is -2.12. The van der Waals surface area contributed by atoms with Gasteiger partial charge in [-0.25, -0.2) is 0 Å². The Kier molecular flexibility index (Phi) is 2.88. The Balaban J connectivity index is 2.23. The summed E-state index contributed by atoms with van der Waals surface area (Å²) in [6, 6.07) is 0. The van der Waals surface area contributed by atoms with Crippen LogP contribution in [0.3, 0.4) is 0 Å². The van der Waals surface area contributed by atoms with Crippen molar-refractivity contribution in [1.82, 2.24) is 0 Å². The monoisotopic (exact) mass is 157 g/mol. The maximum Gasteiger partial charge on any atom is 0.220 e. The van der Waals surface area contributed by atoms with Crippen molar-refractivity contribution < 1.29 is 9.53 Å². The summed E-state index contributed by atoms with van der Waals surface area (Å²) in [6.45, 7) is 2.69. The number of carbonyl (C=O) groups excluding carboxylic acids is 1. The Morgan fingerprint density at radius 1 is 1.82 bits per heavy atom. The average Bonchev–Trinajstić information content (AvgIpc) is 2.39. The molecule has 1 saturated heterocycles. The molecule has 0 aromatic heterocycles. The van der Waals surface area contributed by atoms with Crippen molar-refractivity contribution in [2.45, 2.75) is 32.3 Å². The largest absolute Gasteiger partial charge is 0.378 e. The molecule has 0 bridgehead atoms. The highest BCUT2D eigenvalue weighted by Gasteiger charge is 2.20. The van der Waals surface area contributed by atoms with E-state index in [-0.39, 0.29) is 17.9 Å². The van der Waals surface area contributed by atoms with Crippen molar-refractivity contribution in [3.05, 3.63) is 0 Å². The van der Waals surface area contributed by atoms with Crippen molar-refractivity contribution in [3.63, 3.8) is 0 Å². The Morgan fingerprint density at radius 3 is 3.00 bits per heavy atom. The third-order valence-electron chi connectivity index (χ3n) is 2.13. The van der Waals surface area contributed by atoms with Crippen LogP contribution in [-0.4, -0.2) is 18.6 Å². The molecular formula is C8H15NO2. The minimum Gasteiger partial charge on any atom is -0.378 e. The van der Waals surface area contributed by atoms with Gasteiger partial charge in [-0.1, -0.05) is 6.92 Å². The van der Waals surface area contributed by atoms with E-state index in [0.717, 1.165) is 25.9 Å². The molecule has 0 spiro atoms. The topological polar surface area (TPSA) is 52.3 Å². The van der Waals surface area contributed by atoms with E-state index in [1.807, 2.05) is 6.92 Å². The number of carbonyl (C=O) groups is 1. The van der Waals surface area contributed by atoms with Gasteiger partial charge in [-0.2, -0.15) is 0 Å². The highest BCUT2D eigenvalue weighted by Crippen LogP contribution is 2.19. The van der Waals surface area contributed by atoms with Crippen LogP contribution in [0, 0.1) is 5.92 Å². The van der Waals surface area contributed by atoms with Gasteiger partial charge in [0.15, 0.2) is 0 Å². The molecule has 1 unspecified atom stereocenters. The molecule has 2 N–H and O–H groups in total. The summed E-state index contributed by atoms with van der Waals surface area (Å²) in [6.07, 6.45) is 3.26. The predicted molar refractivity (Wildman–Crippen MR) is 41.9 cm³/mol. The van der Waals surface area contributed by atoms with E-state index in [0.29, 0.717) is 0 Å². The highest BCUT2D eigenvalue weighted by atomic mass is 16.5. The first-order valence-electron chi connectivity index (χ1n) is 4.11. The molecule has 0 aromatic rings. The molecule has 3 nitrogen and oxygen atoms in total. The van der Waals surface area contributed by atoms with Crippen molar-refractivity contribution in [2.75, 3.05) is 6.61 Å². The van der Waals surface area contributed by atoms with Gasteiger partial charge < -0.3 is 10.5 Å².